The summed E-state index contributed by atoms with van der Waals surface area (Å²) in [5, 5.41) is 6.61. The Labute approximate surface area is 197 Å². The lowest BCUT2D eigenvalue weighted by Gasteiger charge is -2.46. The van der Waals surface area contributed by atoms with Crippen molar-refractivity contribution in [2.24, 2.45) is 5.92 Å². The van der Waals surface area contributed by atoms with Crippen molar-refractivity contribution in [2.45, 2.75) is 32.5 Å². The van der Waals surface area contributed by atoms with E-state index in [4.69, 9.17) is 16.3 Å². The Balaban J connectivity index is 1.54. The fourth-order valence-corrected chi connectivity index (χ4v) is 4.50. The number of amides is 4. The van der Waals surface area contributed by atoms with Crippen LogP contribution in [-0.2, 0) is 16.1 Å². The SMILES string of the molecule is COc1ccc(CN2C(=O)C3CCCNC3N(CC(=O)Nc3cc(Cl)ccc3C)C2=O)cc1. The van der Waals surface area contributed by atoms with Crippen molar-refractivity contribution in [1.82, 2.24) is 15.1 Å². The molecule has 0 spiro atoms. The summed E-state index contributed by atoms with van der Waals surface area (Å²) in [6.07, 6.45) is 0.991. The van der Waals surface area contributed by atoms with E-state index >= 15 is 0 Å². The molecule has 2 aliphatic heterocycles. The van der Waals surface area contributed by atoms with Crippen LogP contribution < -0.4 is 15.4 Å². The number of ether oxygens (including phenoxy) is 1. The standard InChI is InChI=1S/C24H27ClN4O4/c1-15-5-8-17(25)12-20(15)27-21(30)14-28-22-19(4-3-11-26-22)23(31)29(24(28)32)13-16-6-9-18(33-2)10-7-16/h5-10,12,19,22,26H,3-4,11,13-14H2,1-2H3,(H,27,30). The lowest BCUT2D eigenvalue weighted by molar-refractivity contribution is -0.143. The number of urea groups is 1. The zero-order valence-corrected chi connectivity index (χ0v) is 19.4. The first-order valence-corrected chi connectivity index (χ1v) is 11.3. The third-order valence-corrected chi connectivity index (χ3v) is 6.34. The van der Waals surface area contributed by atoms with Crippen molar-refractivity contribution < 1.29 is 19.1 Å². The van der Waals surface area contributed by atoms with Gasteiger partial charge in [-0.2, -0.15) is 0 Å². The van der Waals surface area contributed by atoms with Crippen LogP contribution in [0.2, 0.25) is 5.02 Å². The van der Waals surface area contributed by atoms with E-state index in [1.54, 1.807) is 31.4 Å². The minimum absolute atomic E-state index is 0.135. The Morgan fingerprint density at radius 3 is 2.70 bits per heavy atom. The number of aryl methyl sites for hydroxylation is 1. The molecule has 9 heteroatoms. The van der Waals surface area contributed by atoms with Gasteiger partial charge in [0.05, 0.1) is 25.7 Å². The smallest absolute Gasteiger partial charge is 0.328 e. The molecule has 2 aromatic rings. The molecular weight excluding hydrogens is 444 g/mol. The number of piperidine rings is 1. The third-order valence-electron chi connectivity index (χ3n) is 6.11. The summed E-state index contributed by atoms with van der Waals surface area (Å²) in [7, 11) is 1.58. The number of benzene rings is 2. The number of carbonyl (C=O) groups is 3. The highest BCUT2D eigenvalue weighted by atomic mass is 35.5. The minimum atomic E-state index is -0.503. The fraction of sp³-hybridized carbons (Fsp3) is 0.375. The lowest BCUT2D eigenvalue weighted by Crippen LogP contribution is -2.68. The van der Waals surface area contributed by atoms with Crippen LogP contribution >= 0.6 is 11.6 Å². The molecule has 0 radical (unpaired) electrons. The van der Waals surface area contributed by atoms with Gasteiger partial charge in [-0.25, -0.2) is 4.79 Å². The molecule has 2 saturated heterocycles. The zero-order chi connectivity index (χ0) is 23.5. The predicted octanol–water partition coefficient (Wildman–Crippen LogP) is 3.39. The van der Waals surface area contributed by atoms with Crippen molar-refractivity contribution in [3.05, 3.63) is 58.6 Å². The normalized spacial score (nSPS) is 20.5. The van der Waals surface area contributed by atoms with Crippen LogP contribution in [-0.4, -0.2) is 54.0 Å². The van der Waals surface area contributed by atoms with Gasteiger partial charge >= 0.3 is 6.03 Å². The molecule has 33 heavy (non-hydrogen) atoms. The molecule has 8 nitrogen and oxygen atoms in total. The Morgan fingerprint density at radius 1 is 1.21 bits per heavy atom. The third kappa shape index (κ3) is 4.96. The van der Waals surface area contributed by atoms with Crippen LogP contribution in [0.25, 0.3) is 0 Å². The van der Waals surface area contributed by atoms with Gasteiger partial charge in [0.25, 0.3) is 0 Å². The Morgan fingerprint density at radius 2 is 1.97 bits per heavy atom. The maximum absolute atomic E-state index is 13.4. The maximum atomic E-state index is 13.4. The van der Waals surface area contributed by atoms with Gasteiger partial charge in [-0.15, -0.1) is 0 Å². The number of methoxy groups -OCH3 is 1. The van der Waals surface area contributed by atoms with Gasteiger partial charge in [0.2, 0.25) is 11.8 Å². The average molecular weight is 471 g/mol. The van der Waals surface area contributed by atoms with E-state index in [1.165, 1.54) is 9.80 Å². The highest BCUT2D eigenvalue weighted by molar-refractivity contribution is 6.31. The van der Waals surface area contributed by atoms with Gasteiger partial charge in [0, 0.05) is 10.7 Å². The van der Waals surface area contributed by atoms with E-state index < -0.39 is 18.1 Å². The number of nitrogens with zero attached hydrogens (tertiary/aromatic N) is 2. The van der Waals surface area contributed by atoms with E-state index in [1.807, 2.05) is 25.1 Å². The number of rotatable bonds is 6. The Hall–Kier alpha value is -3.10. The molecule has 2 unspecified atom stereocenters. The van der Waals surface area contributed by atoms with Crippen molar-refractivity contribution >= 4 is 35.1 Å². The second-order valence-electron chi connectivity index (χ2n) is 8.34. The molecule has 4 amide bonds. The van der Waals surface area contributed by atoms with Crippen LogP contribution in [0.15, 0.2) is 42.5 Å². The summed E-state index contributed by atoms with van der Waals surface area (Å²) >= 11 is 6.06. The molecule has 2 fully saturated rings. The zero-order valence-electron chi connectivity index (χ0n) is 18.6. The molecular formula is C24H27ClN4O4. The van der Waals surface area contributed by atoms with E-state index in [2.05, 4.69) is 10.6 Å². The highest BCUT2D eigenvalue weighted by Crippen LogP contribution is 2.29. The summed E-state index contributed by atoms with van der Waals surface area (Å²) in [5.74, 6) is -0.259. The van der Waals surface area contributed by atoms with Crippen molar-refractivity contribution in [1.29, 1.82) is 0 Å². The number of carbonyl (C=O) groups excluding carboxylic acids is 3. The Kier molecular flexibility index (Phi) is 6.85. The molecule has 174 valence electrons. The molecule has 0 aliphatic carbocycles. The van der Waals surface area contributed by atoms with Crippen molar-refractivity contribution in [2.75, 3.05) is 25.5 Å². The first kappa shape index (κ1) is 23.1. The van der Waals surface area contributed by atoms with Crippen LogP contribution in [0.3, 0.4) is 0 Å². The highest BCUT2D eigenvalue weighted by Gasteiger charge is 2.47. The quantitative estimate of drug-likeness (QED) is 0.675. The number of imide groups is 1. The summed E-state index contributed by atoms with van der Waals surface area (Å²) in [6, 6.07) is 12.0. The largest absolute Gasteiger partial charge is 0.497 e. The number of nitrogens with one attached hydrogen (secondary N) is 2. The van der Waals surface area contributed by atoms with Gasteiger partial charge in [-0.3, -0.25) is 24.7 Å². The monoisotopic (exact) mass is 470 g/mol. The number of fused-ring (bicyclic) bond motifs is 1. The van der Waals surface area contributed by atoms with E-state index in [9.17, 15) is 14.4 Å². The molecule has 2 N–H and O–H groups in total. The fourth-order valence-electron chi connectivity index (χ4n) is 4.32. The van der Waals surface area contributed by atoms with Gasteiger partial charge in [0.15, 0.2) is 0 Å². The molecule has 0 bridgehead atoms. The summed E-state index contributed by atoms with van der Waals surface area (Å²) in [4.78, 5) is 42.2. The summed E-state index contributed by atoms with van der Waals surface area (Å²) < 4.78 is 5.18. The second kappa shape index (κ2) is 9.80. The molecule has 2 aliphatic rings. The minimum Gasteiger partial charge on any atom is -0.497 e. The number of anilines is 1. The molecule has 4 rings (SSSR count). The number of hydrogen-bond donors (Lipinski definition) is 2. The number of hydrogen-bond acceptors (Lipinski definition) is 5. The van der Waals surface area contributed by atoms with Gasteiger partial charge < -0.3 is 10.1 Å². The summed E-state index contributed by atoms with van der Waals surface area (Å²) in [5.41, 5.74) is 2.26. The van der Waals surface area contributed by atoms with Gasteiger partial charge in [-0.05, 0) is 61.7 Å². The Bertz CT molecular complexity index is 1060. The van der Waals surface area contributed by atoms with E-state index in [-0.39, 0.29) is 24.9 Å². The first-order chi connectivity index (χ1) is 15.9. The predicted molar refractivity (Wildman–Crippen MR) is 125 cm³/mol. The van der Waals surface area contributed by atoms with Crippen LogP contribution in [0.5, 0.6) is 5.75 Å². The molecule has 2 atom stereocenters. The van der Waals surface area contributed by atoms with E-state index in [0.29, 0.717) is 29.4 Å². The van der Waals surface area contributed by atoms with Crippen molar-refractivity contribution in [3.8, 4) is 5.75 Å². The van der Waals surface area contributed by atoms with E-state index in [0.717, 1.165) is 17.5 Å². The van der Waals surface area contributed by atoms with Gasteiger partial charge in [-0.1, -0.05) is 29.8 Å². The van der Waals surface area contributed by atoms with Crippen LogP contribution in [0, 0.1) is 12.8 Å². The second-order valence-corrected chi connectivity index (χ2v) is 8.77. The van der Waals surface area contributed by atoms with Crippen LogP contribution in [0.4, 0.5) is 10.5 Å². The lowest BCUT2D eigenvalue weighted by atomic mass is 9.91. The average Bonchev–Trinajstić information content (AvgIpc) is 2.82. The topological polar surface area (TPSA) is 91.0 Å². The maximum Gasteiger partial charge on any atom is 0.328 e. The van der Waals surface area contributed by atoms with Crippen molar-refractivity contribution in [3.63, 3.8) is 0 Å². The summed E-state index contributed by atoms with van der Waals surface area (Å²) in [6.45, 7) is 2.51. The molecule has 0 saturated carbocycles. The molecule has 0 aromatic heterocycles. The molecule has 2 aromatic carbocycles. The first-order valence-electron chi connectivity index (χ1n) is 10.9. The molecule has 2 heterocycles. The van der Waals surface area contributed by atoms with Crippen LogP contribution in [0.1, 0.15) is 24.0 Å². The van der Waals surface area contributed by atoms with Gasteiger partial charge in [0.1, 0.15) is 12.3 Å². The number of halogens is 1.